The second-order valence-corrected chi connectivity index (χ2v) is 3.38. The molecule has 15 heavy (non-hydrogen) atoms. The van der Waals surface area contributed by atoms with Crippen LogP contribution in [0.5, 0.6) is 0 Å². The summed E-state index contributed by atoms with van der Waals surface area (Å²) in [6, 6.07) is 3.44. The Balaban J connectivity index is 1.95. The number of fused-ring (bicyclic) bond motifs is 1. The lowest BCUT2D eigenvalue weighted by atomic mass is 10.2. The van der Waals surface area contributed by atoms with Gasteiger partial charge in [-0.25, -0.2) is 9.78 Å². The van der Waals surface area contributed by atoms with E-state index in [0.29, 0.717) is 30.2 Å². The van der Waals surface area contributed by atoms with E-state index in [9.17, 15) is 4.79 Å². The summed E-state index contributed by atoms with van der Waals surface area (Å²) in [6.07, 6.45) is -0.397. The van der Waals surface area contributed by atoms with Crippen molar-refractivity contribution in [1.82, 2.24) is 4.98 Å². The van der Waals surface area contributed by atoms with E-state index in [1.54, 1.807) is 12.1 Å². The molecular formula is C10H9NO4. The molecule has 1 aromatic heterocycles. The molecule has 5 heteroatoms. The van der Waals surface area contributed by atoms with Crippen molar-refractivity contribution >= 4 is 5.97 Å². The number of pyridine rings is 1. The van der Waals surface area contributed by atoms with Crippen LogP contribution in [0.15, 0.2) is 12.1 Å². The van der Waals surface area contributed by atoms with E-state index in [2.05, 4.69) is 4.98 Å². The SMILES string of the molecule is O=C1OCc2nc(C3OCCO3)ccc21. The van der Waals surface area contributed by atoms with E-state index >= 15 is 0 Å². The zero-order chi connectivity index (χ0) is 10.3. The average molecular weight is 207 g/mol. The van der Waals surface area contributed by atoms with Crippen molar-refractivity contribution in [1.29, 1.82) is 0 Å². The molecule has 1 aromatic rings. The molecule has 3 heterocycles. The third-order valence-corrected chi connectivity index (χ3v) is 2.42. The standard InChI is InChI=1S/C10H9NO4/c12-9-6-1-2-7(10-13-3-4-14-10)11-8(6)5-15-9/h1-2,10H,3-5H2. The molecule has 0 bridgehead atoms. The van der Waals surface area contributed by atoms with Crippen molar-refractivity contribution < 1.29 is 19.0 Å². The Hall–Kier alpha value is -1.46. The molecule has 0 amide bonds. The van der Waals surface area contributed by atoms with Gasteiger partial charge in [-0.15, -0.1) is 0 Å². The van der Waals surface area contributed by atoms with Gasteiger partial charge >= 0.3 is 5.97 Å². The van der Waals surface area contributed by atoms with Gasteiger partial charge < -0.3 is 14.2 Å². The maximum Gasteiger partial charge on any atom is 0.340 e. The highest BCUT2D eigenvalue weighted by Crippen LogP contribution is 2.25. The summed E-state index contributed by atoms with van der Waals surface area (Å²) in [5.74, 6) is -0.308. The van der Waals surface area contributed by atoms with Crippen LogP contribution in [0, 0.1) is 0 Å². The molecule has 0 N–H and O–H groups in total. The van der Waals surface area contributed by atoms with Gasteiger partial charge in [0.2, 0.25) is 6.29 Å². The van der Waals surface area contributed by atoms with E-state index in [0.717, 1.165) is 0 Å². The molecule has 0 radical (unpaired) electrons. The molecule has 1 saturated heterocycles. The minimum Gasteiger partial charge on any atom is -0.456 e. The van der Waals surface area contributed by atoms with Crippen LogP contribution in [0.1, 0.15) is 28.0 Å². The molecule has 0 spiro atoms. The third-order valence-electron chi connectivity index (χ3n) is 2.42. The van der Waals surface area contributed by atoms with Crippen LogP contribution in [-0.4, -0.2) is 24.2 Å². The monoisotopic (exact) mass is 207 g/mol. The zero-order valence-corrected chi connectivity index (χ0v) is 7.93. The number of hydrogen-bond donors (Lipinski definition) is 0. The lowest BCUT2D eigenvalue weighted by molar-refractivity contribution is -0.0474. The maximum atomic E-state index is 11.2. The summed E-state index contributed by atoms with van der Waals surface area (Å²) in [7, 11) is 0. The summed E-state index contributed by atoms with van der Waals surface area (Å²) in [6.45, 7) is 1.41. The fraction of sp³-hybridized carbons (Fsp3) is 0.400. The summed E-state index contributed by atoms with van der Waals surface area (Å²) in [5, 5.41) is 0. The smallest absolute Gasteiger partial charge is 0.340 e. The molecule has 1 fully saturated rings. The number of esters is 1. The van der Waals surface area contributed by atoms with E-state index in [-0.39, 0.29) is 12.6 Å². The van der Waals surface area contributed by atoms with Crippen LogP contribution in [0.25, 0.3) is 0 Å². The molecule has 3 rings (SSSR count). The van der Waals surface area contributed by atoms with E-state index in [1.807, 2.05) is 0 Å². The van der Waals surface area contributed by atoms with Gasteiger partial charge in [0.1, 0.15) is 6.61 Å². The fourth-order valence-electron chi connectivity index (χ4n) is 1.69. The van der Waals surface area contributed by atoms with E-state index in [4.69, 9.17) is 14.2 Å². The number of nitrogens with zero attached hydrogens (tertiary/aromatic N) is 1. The highest BCUT2D eigenvalue weighted by Gasteiger charge is 2.26. The fourth-order valence-corrected chi connectivity index (χ4v) is 1.69. The second-order valence-electron chi connectivity index (χ2n) is 3.38. The number of carbonyl (C=O) groups is 1. The molecule has 0 aromatic carbocycles. The maximum absolute atomic E-state index is 11.2. The number of ether oxygens (including phenoxy) is 3. The van der Waals surface area contributed by atoms with Gasteiger partial charge in [-0.3, -0.25) is 0 Å². The highest BCUT2D eigenvalue weighted by molar-refractivity contribution is 5.92. The average Bonchev–Trinajstić information content (AvgIpc) is 2.88. The number of cyclic esters (lactones) is 1. The Kier molecular flexibility index (Phi) is 1.93. The molecule has 0 atom stereocenters. The first-order chi connectivity index (χ1) is 7.34. The minimum atomic E-state index is -0.397. The summed E-state index contributed by atoms with van der Waals surface area (Å²) in [4.78, 5) is 15.5. The topological polar surface area (TPSA) is 57.7 Å². The van der Waals surface area contributed by atoms with Crippen molar-refractivity contribution in [3.8, 4) is 0 Å². The molecule has 78 valence electrons. The molecule has 2 aliphatic rings. The molecule has 0 unspecified atom stereocenters. The molecule has 0 aliphatic carbocycles. The Labute approximate surface area is 86.0 Å². The number of aromatic nitrogens is 1. The largest absolute Gasteiger partial charge is 0.456 e. The number of hydrogen-bond acceptors (Lipinski definition) is 5. The Morgan fingerprint density at radius 2 is 2.07 bits per heavy atom. The van der Waals surface area contributed by atoms with Crippen molar-refractivity contribution in [3.05, 3.63) is 29.1 Å². The minimum absolute atomic E-state index is 0.245. The van der Waals surface area contributed by atoms with Gasteiger partial charge in [0, 0.05) is 0 Å². The van der Waals surface area contributed by atoms with Crippen LogP contribution < -0.4 is 0 Å². The quantitative estimate of drug-likeness (QED) is 0.637. The predicted molar refractivity (Wildman–Crippen MR) is 48.0 cm³/mol. The Morgan fingerprint density at radius 1 is 1.27 bits per heavy atom. The second kappa shape index (κ2) is 3.29. The van der Waals surface area contributed by atoms with Crippen LogP contribution in [0.3, 0.4) is 0 Å². The van der Waals surface area contributed by atoms with Crippen LogP contribution in [-0.2, 0) is 20.8 Å². The molecule has 5 nitrogen and oxygen atoms in total. The zero-order valence-electron chi connectivity index (χ0n) is 7.93. The summed E-state index contributed by atoms with van der Waals surface area (Å²) in [5.41, 5.74) is 1.90. The first kappa shape index (κ1) is 8.82. The highest BCUT2D eigenvalue weighted by atomic mass is 16.7. The molecule has 0 saturated carbocycles. The van der Waals surface area contributed by atoms with E-state index < -0.39 is 6.29 Å². The van der Waals surface area contributed by atoms with Gasteiger partial charge in [-0.05, 0) is 12.1 Å². The first-order valence-corrected chi connectivity index (χ1v) is 4.75. The van der Waals surface area contributed by atoms with Gasteiger partial charge in [-0.1, -0.05) is 0 Å². The van der Waals surface area contributed by atoms with Gasteiger partial charge in [0.15, 0.2) is 0 Å². The number of carbonyl (C=O) groups excluding carboxylic acids is 1. The Morgan fingerprint density at radius 3 is 2.87 bits per heavy atom. The lowest BCUT2D eigenvalue weighted by Crippen LogP contribution is -2.04. The lowest BCUT2D eigenvalue weighted by Gasteiger charge is -2.08. The predicted octanol–water partition coefficient (Wildman–Crippen LogP) is 0.797. The summed E-state index contributed by atoms with van der Waals surface area (Å²) >= 11 is 0. The van der Waals surface area contributed by atoms with Gasteiger partial charge in [0.05, 0.1) is 30.2 Å². The normalized spacial score (nSPS) is 20.4. The van der Waals surface area contributed by atoms with Crippen molar-refractivity contribution in [2.45, 2.75) is 12.9 Å². The van der Waals surface area contributed by atoms with Crippen molar-refractivity contribution in [2.75, 3.05) is 13.2 Å². The van der Waals surface area contributed by atoms with Gasteiger partial charge in [-0.2, -0.15) is 0 Å². The molecule has 2 aliphatic heterocycles. The van der Waals surface area contributed by atoms with E-state index in [1.165, 1.54) is 0 Å². The van der Waals surface area contributed by atoms with Gasteiger partial charge in [0.25, 0.3) is 0 Å². The Bertz CT molecular complexity index is 412. The first-order valence-electron chi connectivity index (χ1n) is 4.75. The van der Waals surface area contributed by atoms with Crippen LogP contribution >= 0.6 is 0 Å². The molecular weight excluding hydrogens is 198 g/mol. The van der Waals surface area contributed by atoms with Crippen LogP contribution in [0.2, 0.25) is 0 Å². The number of rotatable bonds is 1. The summed E-state index contributed by atoms with van der Waals surface area (Å²) < 4.78 is 15.5. The third kappa shape index (κ3) is 1.40. The van der Waals surface area contributed by atoms with Crippen molar-refractivity contribution in [3.63, 3.8) is 0 Å². The van der Waals surface area contributed by atoms with Crippen molar-refractivity contribution in [2.24, 2.45) is 0 Å². The van der Waals surface area contributed by atoms with Crippen LogP contribution in [0.4, 0.5) is 0 Å².